The molecule has 0 fully saturated rings. The van der Waals surface area contributed by atoms with Crippen molar-refractivity contribution in [2.24, 2.45) is 5.73 Å². The van der Waals surface area contributed by atoms with Crippen LogP contribution in [0.15, 0.2) is 24.3 Å². The Labute approximate surface area is 140 Å². The van der Waals surface area contributed by atoms with E-state index < -0.39 is 6.04 Å². The van der Waals surface area contributed by atoms with Crippen LogP contribution in [0.1, 0.15) is 31.9 Å². The lowest BCUT2D eigenvalue weighted by Gasteiger charge is -2.20. The number of nitrogens with one attached hydrogen (secondary N) is 1. The second-order valence-electron chi connectivity index (χ2n) is 4.74. The van der Waals surface area contributed by atoms with Crippen LogP contribution in [0.25, 0.3) is 0 Å². The van der Waals surface area contributed by atoms with E-state index in [1.807, 2.05) is 12.1 Å². The Bertz CT molecular complexity index is 410. The molecule has 0 spiro atoms. The van der Waals surface area contributed by atoms with E-state index in [1.54, 1.807) is 6.92 Å². The third-order valence-corrected chi connectivity index (χ3v) is 3.27. The molecule has 0 aromatic heterocycles. The summed E-state index contributed by atoms with van der Waals surface area (Å²) in [5, 5.41) is 2.87. The van der Waals surface area contributed by atoms with Gasteiger partial charge in [0.25, 0.3) is 0 Å². The maximum Gasteiger partial charge on any atom is 0.236 e. The zero-order valence-electron chi connectivity index (χ0n) is 13.0. The largest absolute Gasteiger partial charge is 0.351 e. The highest BCUT2D eigenvalue weighted by atomic mass is 35.5. The molecule has 21 heavy (non-hydrogen) atoms. The third-order valence-electron chi connectivity index (χ3n) is 3.27. The van der Waals surface area contributed by atoms with Gasteiger partial charge >= 0.3 is 0 Å². The predicted molar refractivity (Wildman–Crippen MR) is 93.1 cm³/mol. The van der Waals surface area contributed by atoms with E-state index in [1.165, 1.54) is 5.56 Å². The molecule has 0 bridgehead atoms. The molecule has 0 saturated carbocycles. The molecule has 0 saturated heterocycles. The molecule has 3 N–H and O–H groups in total. The first-order valence-electron chi connectivity index (χ1n) is 6.90. The van der Waals surface area contributed by atoms with Crippen molar-refractivity contribution in [3.8, 4) is 0 Å². The second-order valence-corrected chi connectivity index (χ2v) is 4.74. The maximum absolute atomic E-state index is 11.5. The fourth-order valence-corrected chi connectivity index (χ4v) is 1.92. The van der Waals surface area contributed by atoms with Gasteiger partial charge in [-0.1, -0.05) is 38.1 Å². The van der Waals surface area contributed by atoms with Crippen molar-refractivity contribution in [2.45, 2.75) is 39.9 Å². The molecule has 4 nitrogen and oxygen atoms in total. The quantitative estimate of drug-likeness (QED) is 0.803. The summed E-state index contributed by atoms with van der Waals surface area (Å²) in [6.45, 7) is 9.51. The zero-order valence-corrected chi connectivity index (χ0v) is 14.6. The number of carbonyl (C=O) groups is 1. The van der Waals surface area contributed by atoms with E-state index in [-0.39, 0.29) is 30.7 Å². The number of hydrogen-bond donors (Lipinski definition) is 2. The van der Waals surface area contributed by atoms with Crippen molar-refractivity contribution in [1.29, 1.82) is 0 Å². The first-order chi connectivity index (χ1) is 9.08. The summed E-state index contributed by atoms with van der Waals surface area (Å²) in [6, 6.07) is 7.75. The van der Waals surface area contributed by atoms with Crippen molar-refractivity contribution < 1.29 is 4.79 Å². The average Bonchev–Trinajstić information content (AvgIpc) is 2.42. The number of rotatable bonds is 7. The van der Waals surface area contributed by atoms with E-state index >= 15 is 0 Å². The molecule has 1 aromatic carbocycles. The molecule has 1 atom stereocenters. The summed E-state index contributed by atoms with van der Waals surface area (Å²) < 4.78 is 0. The monoisotopic (exact) mass is 335 g/mol. The van der Waals surface area contributed by atoms with Gasteiger partial charge in [-0.05, 0) is 31.1 Å². The van der Waals surface area contributed by atoms with E-state index in [2.05, 4.69) is 36.2 Å². The molecule has 6 heteroatoms. The molecule has 1 aromatic rings. The van der Waals surface area contributed by atoms with Gasteiger partial charge in [-0.15, -0.1) is 24.8 Å². The van der Waals surface area contributed by atoms with Gasteiger partial charge in [-0.25, -0.2) is 0 Å². The van der Waals surface area contributed by atoms with Crippen LogP contribution in [0, 0.1) is 0 Å². The Balaban J connectivity index is 0. The maximum atomic E-state index is 11.5. The van der Waals surface area contributed by atoms with Crippen molar-refractivity contribution in [2.75, 3.05) is 13.1 Å². The van der Waals surface area contributed by atoms with Gasteiger partial charge in [-0.2, -0.15) is 0 Å². The van der Waals surface area contributed by atoms with E-state index in [9.17, 15) is 4.79 Å². The number of benzene rings is 1. The number of carbonyl (C=O) groups excluding carboxylic acids is 1. The lowest BCUT2D eigenvalue weighted by Crippen LogP contribution is -2.38. The molecule has 0 heterocycles. The lowest BCUT2D eigenvalue weighted by atomic mass is 10.1. The lowest BCUT2D eigenvalue weighted by molar-refractivity contribution is -0.122. The SMILES string of the molecule is CCN(CC)Cc1ccccc1CNC(=O)[C@@H](C)N.Cl.Cl. The third kappa shape index (κ3) is 7.67. The number of nitrogens with two attached hydrogens (primary N) is 1. The van der Waals surface area contributed by atoms with Crippen LogP contribution in [0.3, 0.4) is 0 Å². The van der Waals surface area contributed by atoms with Gasteiger partial charge in [0.15, 0.2) is 0 Å². The second kappa shape index (κ2) is 11.8. The summed E-state index contributed by atoms with van der Waals surface area (Å²) in [4.78, 5) is 13.9. The average molecular weight is 336 g/mol. The molecule has 1 amide bonds. The number of hydrogen-bond acceptors (Lipinski definition) is 3. The molecular weight excluding hydrogens is 309 g/mol. The Morgan fingerprint density at radius 2 is 1.71 bits per heavy atom. The topological polar surface area (TPSA) is 58.4 Å². The van der Waals surface area contributed by atoms with Crippen molar-refractivity contribution in [3.05, 3.63) is 35.4 Å². The molecular formula is C15H27Cl2N3O. The van der Waals surface area contributed by atoms with Crippen LogP contribution in [0.2, 0.25) is 0 Å². The van der Waals surface area contributed by atoms with Gasteiger partial charge in [-0.3, -0.25) is 9.69 Å². The smallest absolute Gasteiger partial charge is 0.236 e. The summed E-state index contributed by atoms with van der Waals surface area (Å²) in [5.74, 6) is -0.113. The summed E-state index contributed by atoms with van der Waals surface area (Å²) in [5.41, 5.74) is 7.96. The summed E-state index contributed by atoms with van der Waals surface area (Å²) in [6.07, 6.45) is 0. The standard InChI is InChI=1S/C15H25N3O.2ClH/c1-4-18(5-2)11-14-9-7-6-8-13(14)10-17-15(19)12(3)16;;/h6-9,12H,4-5,10-11,16H2,1-3H3,(H,17,19);2*1H/t12-;;/m1../s1. The minimum absolute atomic E-state index is 0. The minimum atomic E-state index is -0.463. The fourth-order valence-electron chi connectivity index (χ4n) is 1.92. The van der Waals surface area contributed by atoms with Crippen LogP contribution in [0.4, 0.5) is 0 Å². The van der Waals surface area contributed by atoms with Gasteiger partial charge in [0.1, 0.15) is 0 Å². The Morgan fingerprint density at radius 1 is 1.19 bits per heavy atom. The van der Waals surface area contributed by atoms with E-state index in [0.29, 0.717) is 6.54 Å². The Hall–Kier alpha value is -0.810. The molecule has 122 valence electrons. The highest BCUT2D eigenvalue weighted by Gasteiger charge is 2.09. The Morgan fingerprint density at radius 3 is 2.19 bits per heavy atom. The van der Waals surface area contributed by atoms with Crippen LogP contribution in [-0.2, 0) is 17.9 Å². The van der Waals surface area contributed by atoms with Gasteiger partial charge in [0, 0.05) is 13.1 Å². The zero-order chi connectivity index (χ0) is 14.3. The van der Waals surface area contributed by atoms with Crippen molar-refractivity contribution in [1.82, 2.24) is 10.2 Å². The highest BCUT2D eigenvalue weighted by molar-refractivity contribution is 5.85. The first-order valence-corrected chi connectivity index (χ1v) is 6.90. The van der Waals surface area contributed by atoms with Crippen molar-refractivity contribution in [3.63, 3.8) is 0 Å². The number of halogens is 2. The van der Waals surface area contributed by atoms with Gasteiger partial charge in [0.05, 0.1) is 6.04 Å². The Kier molecular flexibility index (Phi) is 12.6. The van der Waals surface area contributed by atoms with Crippen LogP contribution in [-0.4, -0.2) is 29.9 Å². The van der Waals surface area contributed by atoms with Crippen LogP contribution >= 0.6 is 24.8 Å². The molecule has 0 radical (unpaired) electrons. The normalized spacial score (nSPS) is 11.3. The minimum Gasteiger partial charge on any atom is -0.351 e. The highest BCUT2D eigenvalue weighted by Crippen LogP contribution is 2.11. The molecule has 1 rings (SSSR count). The van der Waals surface area contributed by atoms with Gasteiger partial charge < -0.3 is 11.1 Å². The first kappa shape index (κ1) is 22.5. The molecule has 0 aliphatic heterocycles. The predicted octanol–water partition coefficient (Wildman–Crippen LogP) is 2.34. The van der Waals surface area contributed by atoms with E-state index in [0.717, 1.165) is 25.2 Å². The van der Waals surface area contributed by atoms with Crippen LogP contribution in [0.5, 0.6) is 0 Å². The summed E-state index contributed by atoms with van der Waals surface area (Å²) in [7, 11) is 0. The van der Waals surface area contributed by atoms with Crippen molar-refractivity contribution >= 4 is 30.7 Å². The number of nitrogens with zero attached hydrogens (tertiary/aromatic N) is 1. The van der Waals surface area contributed by atoms with E-state index in [4.69, 9.17) is 5.73 Å². The van der Waals surface area contributed by atoms with Crippen LogP contribution < -0.4 is 11.1 Å². The molecule has 0 unspecified atom stereocenters. The van der Waals surface area contributed by atoms with Gasteiger partial charge in [0.2, 0.25) is 5.91 Å². The fraction of sp³-hybridized carbons (Fsp3) is 0.533. The number of amides is 1. The summed E-state index contributed by atoms with van der Waals surface area (Å²) >= 11 is 0. The molecule has 0 aliphatic carbocycles. The molecule has 0 aliphatic rings.